The van der Waals surface area contributed by atoms with Crippen molar-refractivity contribution in [1.29, 1.82) is 0 Å². The normalized spacial score (nSPS) is 17.8. The molecule has 4 heteroatoms. The van der Waals surface area contributed by atoms with Crippen molar-refractivity contribution in [3.8, 4) is 0 Å². The average Bonchev–Trinajstić information content (AvgIpc) is 2.93. The maximum Gasteiger partial charge on any atom is 0.182 e. The van der Waals surface area contributed by atoms with E-state index < -0.39 is 0 Å². The third kappa shape index (κ3) is 3.02. The summed E-state index contributed by atoms with van der Waals surface area (Å²) in [5.41, 5.74) is 2.82. The van der Waals surface area contributed by atoms with Crippen molar-refractivity contribution in [2.24, 2.45) is 0 Å². The van der Waals surface area contributed by atoms with Gasteiger partial charge in [0.1, 0.15) is 0 Å². The van der Waals surface area contributed by atoms with Gasteiger partial charge in [0.15, 0.2) is 5.13 Å². The van der Waals surface area contributed by atoms with Crippen molar-refractivity contribution >= 4 is 16.5 Å². The number of nitrogens with zero attached hydrogens (tertiary/aromatic N) is 1. The van der Waals surface area contributed by atoms with Crippen LogP contribution in [0.25, 0.3) is 0 Å². The Morgan fingerprint density at radius 1 is 1.40 bits per heavy atom. The number of rotatable bonds is 5. The van der Waals surface area contributed by atoms with Crippen molar-refractivity contribution in [2.75, 3.05) is 11.9 Å². The van der Waals surface area contributed by atoms with E-state index in [1.807, 2.05) is 6.20 Å². The maximum atomic E-state index is 6.13. The number of benzene rings is 1. The molecule has 1 N–H and O–H groups in total. The van der Waals surface area contributed by atoms with Crippen LogP contribution in [0.3, 0.4) is 0 Å². The Morgan fingerprint density at radius 2 is 2.30 bits per heavy atom. The molecule has 1 aromatic heterocycles. The Labute approximate surface area is 124 Å². The molecule has 0 spiro atoms. The van der Waals surface area contributed by atoms with Gasteiger partial charge in [0.2, 0.25) is 0 Å². The minimum absolute atomic E-state index is 0.240. The third-order valence-electron chi connectivity index (χ3n) is 3.62. The third-order valence-corrected chi connectivity index (χ3v) is 4.55. The number of anilines is 1. The van der Waals surface area contributed by atoms with E-state index in [-0.39, 0.29) is 6.10 Å². The number of fused-ring (bicyclic) bond motifs is 1. The SMILES string of the molecule is CCNc1ncc(COC2CCCc3ccccc32)s1. The summed E-state index contributed by atoms with van der Waals surface area (Å²) in [6.45, 7) is 3.64. The molecule has 0 saturated carbocycles. The predicted octanol–water partition coefficient (Wildman–Crippen LogP) is 4.17. The van der Waals surface area contributed by atoms with Gasteiger partial charge in [0, 0.05) is 12.7 Å². The summed E-state index contributed by atoms with van der Waals surface area (Å²) in [6.07, 6.45) is 5.67. The lowest BCUT2D eigenvalue weighted by Crippen LogP contribution is -2.12. The van der Waals surface area contributed by atoms with Crippen LogP contribution in [-0.2, 0) is 17.8 Å². The lowest BCUT2D eigenvalue weighted by atomic mass is 9.89. The summed E-state index contributed by atoms with van der Waals surface area (Å²) in [5, 5.41) is 4.21. The number of hydrogen-bond donors (Lipinski definition) is 1. The van der Waals surface area contributed by atoms with Gasteiger partial charge in [0.25, 0.3) is 0 Å². The fourth-order valence-electron chi connectivity index (χ4n) is 2.67. The first-order valence-corrected chi connectivity index (χ1v) is 8.06. The molecule has 3 nitrogen and oxygen atoms in total. The number of thiazole rings is 1. The Morgan fingerprint density at radius 3 is 3.20 bits per heavy atom. The average molecular weight is 288 g/mol. The Balaban J connectivity index is 1.64. The minimum atomic E-state index is 0.240. The highest BCUT2D eigenvalue weighted by Gasteiger charge is 2.20. The molecule has 2 aromatic rings. The zero-order valence-corrected chi connectivity index (χ0v) is 12.6. The number of aryl methyl sites for hydroxylation is 1. The van der Waals surface area contributed by atoms with Crippen LogP contribution in [-0.4, -0.2) is 11.5 Å². The van der Waals surface area contributed by atoms with Gasteiger partial charge in [-0.3, -0.25) is 0 Å². The molecule has 0 fully saturated rings. The number of hydrogen-bond acceptors (Lipinski definition) is 4. The molecule has 20 heavy (non-hydrogen) atoms. The van der Waals surface area contributed by atoms with Gasteiger partial charge < -0.3 is 10.1 Å². The van der Waals surface area contributed by atoms with Crippen molar-refractivity contribution in [3.05, 3.63) is 46.5 Å². The van der Waals surface area contributed by atoms with E-state index in [1.54, 1.807) is 11.3 Å². The topological polar surface area (TPSA) is 34.2 Å². The van der Waals surface area contributed by atoms with Crippen LogP contribution in [0.4, 0.5) is 5.13 Å². The van der Waals surface area contributed by atoms with E-state index in [4.69, 9.17) is 4.74 Å². The number of nitrogens with one attached hydrogen (secondary N) is 1. The van der Waals surface area contributed by atoms with E-state index in [1.165, 1.54) is 28.8 Å². The summed E-state index contributed by atoms with van der Waals surface area (Å²) in [7, 11) is 0. The summed E-state index contributed by atoms with van der Waals surface area (Å²) >= 11 is 1.68. The lowest BCUT2D eigenvalue weighted by molar-refractivity contribution is 0.0297. The van der Waals surface area contributed by atoms with E-state index in [0.717, 1.165) is 18.1 Å². The summed E-state index contributed by atoms with van der Waals surface area (Å²) in [5.74, 6) is 0. The molecule has 0 radical (unpaired) electrons. The first-order valence-electron chi connectivity index (χ1n) is 7.25. The highest BCUT2D eigenvalue weighted by Crippen LogP contribution is 2.33. The van der Waals surface area contributed by atoms with E-state index >= 15 is 0 Å². The van der Waals surface area contributed by atoms with Crippen LogP contribution in [0.5, 0.6) is 0 Å². The van der Waals surface area contributed by atoms with Crippen LogP contribution in [0.2, 0.25) is 0 Å². The molecule has 0 saturated heterocycles. The van der Waals surface area contributed by atoms with Crippen LogP contribution in [0.1, 0.15) is 41.9 Å². The molecule has 0 amide bonds. The monoisotopic (exact) mass is 288 g/mol. The smallest absolute Gasteiger partial charge is 0.182 e. The molecular weight excluding hydrogens is 268 g/mol. The minimum Gasteiger partial charge on any atom is -0.368 e. The second-order valence-electron chi connectivity index (χ2n) is 5.05. The molecule has 1 heterocycles. The molecule has 1 unspecified atom stereocenters. The quantitative estimate of drug-likeness (QED) is 0.896. The first kappa shape index (κ1) is 13.6. The molecule has 1 aromatic carbocycles. The Hall–Kier alpha value is -1.39. The van der Waals surface area contributed by atoms with Crippen LogP contribution in [0, 0.1) is 0 Å². The van der Waals surface area contributed by atoms with Gasteiger partial charge in [-0.2, -0.15) is 0 Å². The maximum absolute atomic E-state index is 6.13. The van der Waals surface area contributed by atoms with E-state index in [9.17, 15) is 0 Å². The largest absolute Gasteiger partial charge is 0.368 e. The second-order valence-corrected chi connectivity index (χ2v) is 6.17. The fraction of sp³-hybridized carbons (Fsp3) is 0.438. The molecule has 0 aliphatic heterocycles. The standard InChI is InChI=1S/C16H20N2OS/c1-2-17-16-18-10-13(20-16)11-19-15-9-5-7-12-6-3-4-8-14(12)15/h3-4,6,8,10,15H,2,5,7,9,11H2,1H3,(H,17,18). The van der Waals surface area contributed by atoms with Gasteiger partial charge in [-0.25, -0.2) is 4.98 Å². The highest BCUT2D eigenvalue weighted by atomic mass is 32.1. The first-order chi connectivity index (χ1) is 9.86. The van der Waals surface area contributed by atoms with Crippen molar-refractivity contribution in [2.45, 2.75) is 38.9 Å². The molecule has 1 aliphatic carbocycles. The van der Waals surface area contributed by atoms with Crippen molar-refractivity contribution in [3.63, 3.8) is 0 Å². The fourth-order valence-corrected chi connectivity index (χ4v) is 3.48. The second kappa shape index (κ2) is 6.37. The number of ether oxygens (including phenoxy) is 1. The van der Waals surface area contributed by atoms with Gasteiger partial charge in [-0.1, -0.05) is 35.6 Å². The Bertz CT molecular complexity index is 567. The zero-order chi connectivity index (χ0) is 13.8. The van der Waals surface area contributed by atoms with E-state index in [2.05, 4.69) is 41.5 Å². The summed E-state index contributed by atoms with van der Waals surface area (Å²) in [6, 6.07) is 8.65. The van der Waals surface area contributed by atoms with Gasteiger partial charge >= 0.3 is 0 Å². The summed E-state index contributed by atoms with van der Waals surface area (Å²) in [4.78, 5) is 5.53. The molecular formula is C16H20N2OS. The lowest BCUT2D eigenvalue weighted by Gasteiger charge is -2.25. The summed E-state index contributed by atoms with van der Waals surface area (Å²) < 4.78 is 6.13. The van der Waals surface area contributed by atoms with Crippen molar-refractivity contribution < 1.29 is 4.74 Å². The predicted molar refractivity (Wildman–Crippen MR) is 83.2 cm³/mol. The molecule has 3 rings (SSSR count). The van der Waals surface area contributed by atoms with Gasteiger partial charge in [0.05, 0.1) is 17.6 Å². The molecule has 1 aliphatic rings. The van der Waals surface area contributed by atoms with Crippen LogP contribution in [0.15, 0.2) is 30.5 Å². The molecule has 106 valence electrons. The molecule has 0 bridgehead atoms. The highest BCUT2D eigenvalue weighted by molar-refractivity contribution is 7.15. The van der Waals surface area contributed by atoms with Crippen LogP contribution < -0.4 is 5.32 Å². The molecule has 1 atom stereocenters. The van der Waals surface area contributed by atoms with Crippen molar-refractivity contribution in [1.82, 2.24) is 4.98 Å². The van der Waals surface area contributed by atoms with E-state index in [0.29, 0.717) is 6.61 Å². The number of aromatic nitrogens is 1. The Kier molecular flexibility index (Phi) is 4.33. The van der Waals surface area contributed by atoms with Gasteiger partial charge in [-0.05, 0) is 37.3 Å². The zero-order valence-electron chi connectivity index (χ0n) is 11.8. The van der Waals surface area contributed by atoms with Gasteiger partial charge in [-0.15, -0.1) is 0 Å². The van der Waals surface area contributed by atoms with Crippen LogP contribution >= 0.6 is 11.3 Å².